The summed E-state index contributed by atoms with van der Waals surface area (Å²) in [4.78, 5) is 12.4. The number of halogens is 1. The summed E-state index contributed by atoms with van der Waals surface area (Å²) in [6, 6.07) is 4.99. The number of benzene rings is 1. The third-order valence-electron chi connectivity index (χ3n) is 3.93. The van der Waals surface area contributed by atoms with Gasteiger partial charge < -0.3 is 10.1 Å². The summed E-state index contributed by atoms with van der Waals surface area (Å²) in [6.07, 6.45) is 1.35. The molecule has 1 heterocycles. The Morgan fingerprint density at radius 2 is 2.22 bits per heavy atom. The molecule has 1 amide bonds. The zero-order valence-electron chi connectivity index (χ0n) is 13.2. The highest BCUT2D eigenvalue weighted by molar-refractivity contribution is 7.89. The van der Waals surface area contributed by atoms with E-state index in [1.807, 2.05) is 0 Å². The van der Waals surface area contributed by atoms with E-state index in [2.05, 4.69) is 5.32 Å². The fraction of sp³-hybridized carbons (Fsp3) is 0.533. The summed E-state index contributed by atoms with van der Waals surface area (Å²) in [5.41, 5.74) is 0.566. The molecule has 128 valence electrons. The van der Waals surface area contributed by atoms with E-state index in [1.165, 1.54) is 11.4 Å². The number of nitrogens with one attached hydrogen (secondary N) is 1. The number of nitrogens with zero attached hydrogens (tertiary/aromatic N) is 1. The molecular weight excluding hydrogens is 340 g/mol. The van der Waals surface area contributed by atoms with Crippen molar-refractivity contribution in [3.05, 3.63) is 23.2 Å². The lowest BCUT2D eigenvalue weighted by molar-refractivity contribution is -0.120. The maximum Gasteiger partial charge on any atom is 0.228 e. The molecule has 1 aromatic carbocycles. The van der Waals surface area contributed by atoms with Crippen molar-refractivity contribution in [1.82, 2.24) is 4.31 Å². The minimum absolute atomic E-state index is 0.0510. The Hall–Kier alpha value is -1.31. The first-order chi connectivity index (χ1) is 10.9. The second-order valence-corrected chi connectivity index (χ2v) is 8.10. The number of methoxy groups -OCH3 is 1. The van der Waals surface area contributed by atoms with Crippen LogP contribution in [0, 0.1) is 5.92 Å². The number of carbonyl (C=O) groups excluding carboxylic acids is 1. The second kappa shape index (κ2) is 7.51. The zero-order valence-corrected chi connectivity index (χ0v) is 14.8. The van der Waals surface area contributed by atoms with Crippen LogP contribution in [0.1, 0.15) is 19.8 Å². The number of piperidine rings is 1. The van der Waals surface area contributed by atoms with Crippen molar-refractivity contribution >= 4 is 33.2 Å². The molecule has 1 aliphatic rings. The van der Waals surface area contributed by atoms with Crippen molar-refractivity contribution < 1.29 is 17.9 Å². The highest BCUT2D eigenvalue weighted by atomic mass is 35.5. The smallest absolute Gasteiger partial charge is 0.228 e. The van der Waals surface area contributed by atoms with Gasteiger partial charge in [-0.05, 0) is 38.0 Å². The third-order valence-corrected chi connectivity index (χ3v) is 6.08. The predicted octanol–water partition coefficient (Wildman–Crippen LogP) is 2.35. The monoisotopic (exact) mass is 360 g/mol. The van der Waals surface area contributed by atoms with E-state index in [9.17, 15) is 13.2 Å². The van der Waals surface area contributed by atoms with E-state index in [1.54, 1.807) is 25.1 Å². The number of carbonyl (C=O) groups is 1. The van der Waals surface area contributed by atoms with Crippen molar-refractivity contribution in [2.75, 3.05) is 31.3 Å². The lowest BCUT2D eigenvalue weighted by Gasteiger charge is -2.30. The molecule has 6 nitrogen and oxygen atoms in total. The van der Waals surface area contributed by atoms with Crippen molar-refractivity contribution in [2.24, 2.45) is 5.92 Å². The van der Waals surface area contributed by atoms with E-state index in [0.717, 1.165) is 0 Å². The van der Waals surface area contributed by atoms with Crippen LogP contribution in [-0.2, 0) is 14.8 Å². The first kappa shape index (κ1) is 18.0. The summed E-state index contributed by atoms with van der Waals surface area (Å²) in [5.74, 6) is 0.0332. The number of anilines is 1. The Morgan fingerprint density at radius 1 is 1.48 bits per heavy atom. The van der Waals surface area contributed by atoms with Crippen LogP contribution in [0.4, 0.5) is 5.69 Å². The highest BCUT2D eigenvalue weighted by Crippen LogP contribution is 2.28. The molecule has 8 heteroatoms. The van der Waals surface area contributed by atoms with Gasteiger partial charge in [0.25, 0.3) is 0 Å². The van der Waals surface area contributed by atoms with Crippen LogP contribution in [0.5, 0.6) is 5.75 Å². The molecule has 1 aliphatic heterocycles. The van der Waals surface area contributed by atoms with Crippen LogP contribution in [0.25, 0.3) is 0 Å². The van der Waals surface area contributed by atoms with Gasteiger partial charge in [0, 0.05) is 18.8 Å². The van der Waals surface area contributed by atoms with Gasteiger partial charge in [0.1, 0.15) is 5.75 Å². The van der Waals surface area contributed by atoms with Gasteiger partial charge >= 0.3 is 0 Å². The normalized spacial score (nSPS) is 19.3. The molecule has 1 atom stereocenters. The molecule has 0 unspecified atom stereocenters. The van der Waals surface area contributed by atoms with Crippen LogP contribution in [0.2, 0.25) is 5.02 Å². The molecule has 0 aromatic heterocycles. The van der Waals surface area contributed by atoms with Gasteiger partial charge in [-0.3, -0.25) is 4.79 Å². The SMILES string of the molecule is CCS(=O)(=O)N1CCC[C@H](C(=O)Nc2ccc(OC)c(Cl)c2)C1. The molecule has 1 aromatic rings. The Morgan fingerprint density at radius 3 is 2.83 bits per heavy atom. The fourth-order valence-corrected chi connectivity index (χ4v) is 4.02. The van der Waals surface area contributed by atoms with E-state index >= 15 is 0 Å². The average molecular weight is 361 g/mol. The first-order valence-electron chi connectivity index (χ1n) is 7.49. The molecule has 23 heavy (non-hydrogen) atoms. The maximum atomic E-state index is 12.4. The molecule has 1 saturated heterocycles. The number of sulfonamides is 1. The first-order valence-corrected chi connectivity index (χ1v) is 9.48. The van der Waals surface area contributed by atoms with E-state index in [-0.39, 0.29) is 24.1 Å². The summed E-state index contributed by atoms with van der Waals surface area (Å²) in [5, 5.41) is 3.20. The van der Waals surface area contributed by atoms with Crippen molar-refractivity contribution in [3.63, 3.8) is 0 Å². The van der Waals surface area contributed by atoms with Crippen LogP contribution >= 0.6 is 11.6 Å². The van der Waals surface area contributed by atoms with Gasteiger partial charge in [0.05, 0.1) is 23.8 Å². The van der Waals surface area contributed by atoms with Gasteiger partial charge in [-0.2, -0.15) is 0 Å². The Balaban J connectivity index is 2.04. The molecule has 0 saturated carbocycles. The van der Waals surface area contributed by atoms with Crippen LogP contribution in [0.15, 0.2) is 18.2 Å². The van der Waals surface area contributed by atoms with E-state index in [4.69, 9.17) is 16.3 Å². The molecule has 1 N–H and O–H groups in total. The number of hydrogen-bond donors (Lipinski definition) is 1. The molecule has 0 bridgehead atoms. The minimum atomic E-state index is -3.26. The zero-order chi connectivity index (χ0) is 17.0. The van der Waals surface area contributed by atoms with Gasteiger partial charge in [0.2, 0.25) is 15.9 Å². The van der Waals surface area contributed by atoms with Gasteiger partial charge in [-0.25, -0.2) is 12.7 Å². The summed E-state index contributed by atoms with van der Waals surface area (Å²) >= 11 is 6.04. The van der Waals surface area contributed by atoms with Crippen LogP contribution in [-0.4, -0.2) is 44.6 Å². The Bertz CT molecular complexity index is 678. The highest BCUT2D eigenvalue weighted by Gasteiger charge is 2.31. The largest absolute Gasteiger partial charge is 0.495 e. The molecule has 0 radical (unpaired) electrons. The molecular formula is C15H21ClN2O4S. The van der Waals surface area contributed by atoms with E-state index in [0.29, 0.717) is 35.8 Å². The van der Waals surface area contributed by atoms with Crippen LogP contribution < -0.4 is 10.1 Å². The Labute approximate surface area is 141 Å². The van der Waals surface area contributed by atoms with Crippen molar-refractivity contribution in [3.8, 4) is 5.75 Å². The van der Waals surface area contributed by atoms with Crippen molar-refractivity contribution in [2.45, 2.75) is 19.8 Å². The quantitative estimate of drug-likeness (QED) is 0.874. The number of rotatable bonds is 5. The number of ether oxygens (including phenoxy) is 1. The lowest BCUT2D eigenvalue weighted by atomic mass is 9.98. The summed E-state index contributed by atoms with van der Waals surface area (Å²) < 4.78 is 30.4. The predicted molar refractivity (Wildman–Crippen MR) is 90.4 cm³/mol. The van der Waals surface area contributed by atoms with Gasteiger partial charge in [-0.1, -0.05) is 11.6 Å². The molecule has 0 aliphatic carbocycles. The lowest BCUT2D eigenvalue weighted by Crippen LogP contribution is -2.44. The number of amides is 1. The van der Waals surface area contributed by atoms with E-state index < -0.39 is 10.0 Å². The van der Waals surface area contributed by atoms with Crippen LogP contribution in [0.3, 0.4) is 0 Å². The topological polar surface area (TPSA) is 75.7 Å². The Kier molecular flexibility index (Phi) is 5.89. The second-order valence-electron chi connectivity index (χ2n) is 5.44. The summed E-state index contributed by atoms with van der Waals surface area (Å²) in [7, 11) is -1.74. The third kappa shape index (κ3) is 4.37. The molecule has 1 fully saturated rings. The molecule has 0 spiro atoms. The van der Waals surface area contributed by atoms with Crippen molar-refractivity contribution in [1.29, 1.82) is 0 Å². The van der Waals surface area contributed by atoms with Gasteiger partial charge in [-0.15, -0.1) is 0 Å². The maximum absolute atomic E-state index is 12.4. The molecule has 2 rings (SSSR count). The number of hydrogen-bond acceptors (Lipinski definition) is 4. The summed E-state index contributed by atoms with van der Waals surface area (Å²) in [6.45, 7) is 2.32. The van der Waals surface area contributed by atoms with Gasteiger partial charge in [0.15, 0.2) is 0 Å². The minimum Gasteiger partial charge on any atom is -0.495 e. The standard InChI is InChI=1S/C15H21ClN2O4S/c1-3-23(20,21)18-8-4-5-11(10-18)15(19)17-12-6-7-14(22-2)13(16)9-12/h6-7,9,11H,3-5,8,10H2,1-2H3,(H,17,19)/t11-/m0/s1. The average Bonchev–Trinajstić information content (AvgIpc) is 2.55. The fourth-order valence-electron chi connectivity index (χ4n) is 2.58.